The molecule has 5 heteroatoms. The van der Waals surface area contributed by atoms with E-state index in [1.807, 2.05) is 30.3 Å². The monoisotopic (exact) mass is 274 g/mol. The van der Waals surface area contributed by atoms with Crippen LogP contribution in [0.5, 0.6) is 0 Å². The van der Waals surface area contributed by atoms with Crippen molar-refractivity contribution in [3.8, 4) is 0 Å². The molecule has 2 aromatic rings. The average Bonchev–Trinajstić information content (AvgIpc) is 2.47. The summed E-state index contributed by atoms with van der Waals surface area (Å²) in [6, 6.07) is 15.2. The number of carbonyl (C=O) groups excluding carboxylic acids is 1. The molecule has 4 nitrogen and oxygen atoms in total. The maximum Gasteiger partial charge on any atom is 0.338 e. The number of benzene rings is 2. The Hall–Kier alpha value is -2.40. The molecule has 20 heavy (non-hydrogen) atoms. The Balaban J connectivity index is 1.70. The van der Waals surface area contributed by atoms with Crippen LogP contribution in [0.15, 0.2) is 54.6 Å². The number of nitrogens with one attached hydrogen (secondary N) is 2. The summed E-state index contributed by atoms with van der Waals surface area (Å²) < 4.78 is 13.3. The Morgan fingerprint density at radius 1 is 1.05 bits per heavy atom. The largest absolute Gasteiger partial charge is 0.338 e. The van der Waals surface area contributed by atoms with E-state index in [1.54, 1.807) is 18.2 Å². The van der Waals surface area contributed by atoms with Crippen LogP contribution in [0.3, 0.4) is 0 Å². The van der Waals surface area contributed by atoms with Gasteiger partial charge >= 0.3 is 6.03 Å². The van der Waals surface area contributed by atoms with Crippen molar-refractivity contribution >= 4 is 6.03 Å². The summed E-state index contributed by atoms with van der Waals surface area (Å²) in [6.07, 6.45) is 0. The van der Waals surface area contributed by atoms with Crippen LogP contribution in [-0.4, -0.2) is 6.03 Å². The minimum Gasteiger partial charge on any atom is -0.332 e. The lowest BCUT2D eigenvalue weighted by molar-refractivity contribution is 0.0489. The van der Waals surface area contributed by atoms with Gasteiger partial charge in [0.1, 0.15) is 5.82 Å². The first-order valence-corrected chi connectivity index (χ1v) is 6.18. The third-order valence-electron chi connectivity index (χ3n) is 2.64. The van der Waals surface area contributed by atoms with Crippen molar-refractivity contribution in [3.63, 3.8) is 0 Å². The van der Waals surface area contributed by atoms with Crippen LogP contribution in [0.2, 0.25) is 0 Å². The molecule has 0 aliphatic heterocycles. The number of hydrogen-bond donors (Lipinski definition) is 2. The zero-order valence-corrected chi connectivity index (χ0v) is 10.8. The lowest BCUT2D eigenvalue weighted by Crippen LogP contribution is -2.35. The first kappa shape index (κ1) is 14.0. The van der Waals surface area contributed by atoms with Gasteiger partial charge in [-0.05, 0) is 11.6 Å². The van der Waals surface area contributed by atoms with Crippen LogP contribution in [-0.2, 0) is 18.0 Å². The summed E-state index contributed by atoms with van der Waals surface area (Å²) in [5.41, 5.74) is 3.62. The topological polar surface area (TPSA) is 50.4 Å². The highest BCUT2D eigenvalue weighted by molar-refractivity contribution is 5.72. The summed E-state index contributed by atoms with van der Waals surface area (Å²) >= 11 is 0. The fourth-order valence-corrected chi connectivity index (χ4v) is 1.61. The van der Waals surface area contributed by atoms with E-state index in [2.05, 4.69) is 10.8 Å². The van der Waals surface area contributed by atoms with Crippen molar-refractivity contribution in [2.24, 2.45) is 0 Å². The Kier molecular flexibility index (Phi) is 5.08. The zero-order valence-electron chi connectivity index (χ0n) is 10.8. The molecule has 0 heterocycles. The second kappa shape index (κ2) is 7.25. The number of urea groups is 1. The molecular formula is C15H15FN2O2. The van der Waals surface area contributed by atoms with E-state index in [-0.39, 0.29) is 19.0 Å². The minimum absolute atomic E-state index is 0.104. The molecule has 0 bridgehead atoms. The van der Waals surface area contributed by atoms with E-state index in [0.717, 1.165) is 5.56 Å². The maximum absolute atomic E-state index is 13.3. The first-order valence-electron chi connectivity index (χ1n) is 6.18. The summed E-state index contributed by atoms with van der Waals surface area (Å²) in [7, 11) is 0. The standard InChI is InChI=1S/C15H15FN2O2/c16-14-9-5-4-8-13(14)10-17-15(19)18-20-11-12-6-2-1-3-7-12/h1-9H,10-11H2,(H2,17,18,19). The molecule has 0 aromatic heterocycles. The van der Waals surface area contributed by atoms with Gasteiger partial charge in [-0.2, -0.15) is 0 Å². The first-order chi connectivity index (χ1) is 9.75. The number of hydroxylamine groups is 1. The van der Waals surface area contributed by atoms with Crippen LogP contribution in [0, 0.1) is 5.82 Å². The Morgan fingerprint density at radius 2 is 1.75 bits per heavy atom. The molecule has 0 aliphatic carbocycles. The lowest BCUT2D eigenvalue weighted by atomic mass is 10.2. The quantitative estimate of drug-likeness (QED) is 0.824. The summed E-state index contributed by atoms with van der Waals surface area (Å²) in [4.78, 5) is 16.5. The molecule has 0 saturated heterocycles. The van der Waals surface area contributed by atoms with E-state index < -0.39 is 6.03 Å². The molecule has 0 aliphatic rings. The molecule has 104 valence electrons. The maximum atomic E-state index is 13.3. The Morgan fingerprint density at radius 3 is 2.50 bits per heavy atom. The second-order valence-electron chi connectivity index (χ2n) is 4.15. The summed E-state index contributed by atoms with van der Waals surface area (Å²) in [5.74, 6) is -0.349. The molecule has 2 N–H and O–H groups in total. The molecule has 2 aromatic carbocycles. The average molecular weight is 274 g/mol. The second-order valence-corrected chi connectivity index (χ2v) is 4.15. The molecule has 0 radical (unpaired) electrons. The van der Waals surface area contributed by atoms with E-state index in [0.29, 0.717) is 5.56 Å². The Bertz CT molecular complexity index is 561. The molecule has 0 fully saturated rings. The number of carbonyl (C=O) groups is 1. The van der Waals surface area contributed by atoms with Crippen LogP contribution < -0.4 is 10.8 Å². The normalized spacial score (nSPS) is 10.1. The summed E-state index contributed by atoms with van der Waals surface area (Å²) in [6.45, 7) is 0.376. The SMILES string of the molecule is O=C(NCc1ccccc1F)NOCc1ccccc1. The van der Waals surface area contributed by atoms with Crippen LogP contribution in [0.25, 0.3) is 0 Å². The Labute approximate surface area is 116 Å². The van der Waals surface area contributed by atoms with E-state index >= 15 is 0 Å². The van der Waals surface area contributed by atoms with Crippen LogP contribution >= 0.6 is 0 Å². The number of hydrogen-bond acceptors (Lipinski definition) is 2. The van der Waals surface area contributed by atoms with Gasteiger partial charge in [0.05, 0.1) is 6.61 Å². The lowest BCUT2D eigenvalue weighted by Gasteiger charge is -2.08. The molecular weight excluding hydrogens is 259 g/mol. The van der Waals surface area contributed by atoms with Gasteiger partial charge in [0.2, 0.25) is 0 Å². The number of rotatable bonds is 5. The predicted molar refractivity (Wildman–Crippen MR) is 73.0 cm³/mol. The molecule has 0 spiro atoms. The van der Waals surface area contributed by atoms with Gasteiger partial charge in [-0.15, -0.1) is 0 Å². The van der Waals surface area contributed by atoms with Gasteiger partial charge < -0.3 is 5.32 Å². The van der Waals surface area contributed by atoms with Gasteiger partial charge in [-0.25, -0.2) is 14.7 Å². The van der Waals surface area contributed by atoms with Crippen molar-refractivity contribution in [2.75, 3.05) is 0 Å². The highest BCUT2D eigenvalue weighted by Gasteiger charge is 2.03. The molecule has 0 atom stereocenters. The van der Waals surface area contributed by atoms with Crippen LogP contribution in [0.1, 0.15) is 11.1 Å². The number of amides is 2. The van der Waals surface area contributed by atoms with Crippen molar-refractivity contribution in [1.82, 2.24) is 10.8 Å². The molecule has 0 saturated carbocycles. The van der Waals surface area contributed by atoms with Gasteiger partial charge in [0.25, 0.3) is 0 Å². The highest BCUT2D eigenvalue weighted by Crippen LogP contribution is 2.05. The molecule has 2 rings (SSSR count). The van der Waals surface area contributed by atoms with Crippen molar-refractivity contribution in [1.29, 1.82) is 0 Å². The molecule has 0 unspecified atom stereocenters. The highest BCUT2D eigenvalue weighted by atomic mass is 19.1. The van der Waals surface area contributed by atoms with Gasteiger partial charge in [-0.1, -0.05) is 48.5 Å². The summed E-state index contributed by atoms with van der Waals surface area (Å²) in [5, 5.41) is 2.51. The fraction of sp³-hybridized carbons (Fsp3) is 0.133. The van der Waals surface area contributed by atoms with Crippen LogP contribution in [0.4, 0.5) is 9.18 Å². The van der Waals surface area contributed by atoms with E-state index in [9.17, 15) is 9.18 Å². The predicted octanol–water partition coefficient (Wildman–Crippen LogP) is 2.76. The van der Waals surface area contributed by atoms with Crippen molar-refractivity contribution < 1.29 is 14.0 Å². The van der Waals surface area contributed by atoms with Crippen molar-refractivity contribution in [2.45, 2.75) is 13.2 Å². The van der Waals surface area contributed by atoms with Crippen molar-refractivity contribution in [3.05, 3.63) is 71.5 Å². The zero-order chi connectivity index (χ0) is 14.2. The number of halogens is 1. The molecule has 2 amide bonds. The van der Waals surface area contributed by atoms with E-state index in [4.69, 9.17) is 4.84 Å². The van der Waals surface area contributed by atoms with Gasteiger partial charge in [0.15, 0.2) is 0 Å². The fourth-order valence-electron chi connectivity index (χ4n) is 1.61. The smallest absolute Gasteiger partial charge is 0.332 e. The third kappa shape index (κ3) is 4.37. The van der Waals surface area contributed by atoms with E-state index in [1.165, 1.54) is 6.07 Å². The third-order valence-corrected chi connectivity index (χ3v) is 2.64. The minimum atomic E-state index is -0.510. The van der Waals surface area contributed by atoms with Gasteiger partial charge in [0, 0.05) is 12.1 Å². The van der Waals surface area contributed by atoms with Gasteiger partial charge in [-0.3, -0.25) is 4.84 Å².